The molecule has 3 aromatic rings. The summed E-state index contributed by atoms with van der Waals surface area (Å²) in [4.78, 5) is 21.4. The number of hydrogen-bond donors (Lipinski definition) is 2. The molecule has 0 aliphatic heterocycles. The van der Waals surface area contributed by atoms with E-state index < -0.39 is 0 Å². The third-order valence-electron chi connectivity index (χ3n) is 3.74. The molecule has 2 aromatic heterocycles. The van der Waals surface area contributed by atoms with Gasteiger partial charge < -0.3 is 15.2 Å². The second-order valence-electron chi connectivity index (χ2n) is 6.31. The van der Waals surface area contributed by atoms with E-state index in [9.17, 15) is 4.79 Å². The molecule has 0 atom stereocenters. The number of nitrogens with one attached hydrogen (secondary N) is 2. The molecule has 0 saturated carbocycles. The van der Waals surface area contributed by atoms with Crippen LogP contribution in [0.5, 0.6) is 0 Å². The zero-order chi connectivity index (χ0) is 18.0. The van der Waals surface area contributed by atoms with Gasteiger partial charge in [-0.15, -0.1) is 0 Å². The number of amides is 1. The van der Waals surface area contributed by atoms with E-state index in [2.05, 4.69) is 50.4 Å². The number of rotatable bonds is 5. The van der Waals surface area contributed by atoms with E-state index in [1.165, 1.54) is 0 Å². The lowest BCUT2D eigenvalue weighted by molar-refractivity contribution is 0.0950. The predicted octanol–water partition coefficient (Wildman–Crippen LogP) is 3.86. The summed E-state index contributed by atoms with van der Waals surface area (Å²) >= 11 is 3.46. The van der Waals surface area contributed by atoms with Crippen molar-refractivity contribution >= 4 is 44.4 Å². The van der Waals surface area contributed by atoms with Crippen LogP contribution in [0, 0.1) is 5.92 Å². The number of halogens is 1. The number of carbonyl (C=O) groups is 1. The zero-order valence-corrected chi connectivity index (χ0v) is 16.0. The van der Waals surface area contributed by atoms with E-state index in [1.54, 1.807) is 12.5 Å². The first kappa shape index (κ1) is 17.4. The van der Waals surface area contributed by atoms with Crippen molar-refractivity contribution in [1.82, 2.24) is 19.9 Å². The SMILES string of the molecule is CC(C)CNC(=O)c1cnc(Nc2cccc(Br)c2)c2ncn(C)c12. The van der Waals surface area contributed by atoms with Gasteiger partial charge >= 0.3 is 0 Å². The molecule has 1 aromatic carbocycles. The summed E-state index contributed by atoms with van der Waals surface area (Å²) in [6.07, 6.45) is 3.29. The maximum absolute atomic E-state index is 12.5. The Morgan fingerprint density at radius 3 is 2.84 bits per heavy atom. The molecule has 6 nitrogen and oxygen atoms in total. The minimum absolute atomic E-state index is 0.135. The van der Waals surface area contributed by atoms with E-state index in [0.29, 0.717) is 29.4 Å². The highest BCUT2D eigenvalue weighted by atomic mass is 79.9. The third kappa shape index (κ3) is 3.82. The van der Waals surface area contributed by atoms with Crippen molar-refractivity contribution in [3.8, 4) is 0 Å². The monoisotopic (exact) mass is 401 g/mol. The van der Waals surface area contributed by atoms with Crippen molar-refractivity contribution in [3.05, 3.63) is 46.8 Å². The molecule has 0 unspecified atom stereocenters. The summed E-state index contributed by atoms with van der Waals surface area (Å²) in [6.45, 7) is 4.74. The van der Waals surface area contributed by atoms with E-state index in [-0.39, 0.29) is 5.91 Å². The standard InChI is InChI=1S/C18H20BrN5O/c1-11(2)8-21-18(25)14-9-20-17(15-16(14)24(3)10-22-15)23-13-6-4-5-12(19)7-13/h4-7,9-11H,8H2,1-3H3,(H,20,23)(H,21,25). The van der Waals surface area contributed by atoms with Crippen LogP contribution in [0.3, 0.4) is 0 Å². The molecule has 0 aliphatic carbocycles. The number of hydrogen-bond acceptors (Lipinski definition) is 4. The number of benzene rings is 1. The second kappa shape index (κ2) is 7.23. The van der Waals surface area contributed by atoms with Crippen molar-refractivity contribution in [2.75, 3.05) is 11.9 Å². The lowest BCUT2D eigenvalue weighted by atomic mass is 10.2. The Bertz CT molecular complexity index is 919. The molecule has 130 valence electrons. The average molecular weight is 402 g/mol. The van der Waals surface area contributed by atoms with Gasteiger partial charge in [0.2, 0.25) is 0 Å². The number of aryl methyl sites for hydroxylation is 1. The average Bonchev–Trinajstić information content (AvgIpc) is 2.96. The van der Waals surface area contributed by atoms with Crippen LogP contribution >= 0.6 is 15.9 Å². The normalized spacial score (nSPS) is 11.1. The Balaban J connectivity index is 1.98. The summed E-state index contributed by atoms with van der Waals surface area (Å²) in [5.41, 5.74) is 2.84. The Morgan fingerprint density at radius 2 is 2.12 bits per heavy atom. The van der Waals surface area contributed by atoms with Crippen LogP contribution < -0.4 is 10.6 Å². The summed E-state index contributed by atoms with van der Waals surface area (Å²) in [5.74, 6) is 0.870. The highest BCUT2D eigenvalue weighted by molar-refractivity contribution is 9.10. The fraction of sp³-hybridized carbons (Fsp3) is 0.278. The fourth-order valence-corrected chi connectivity index (χ4v) is 2.92. The van der Waals surface area contributed by atoms with Gasteiger partial charge in [0.05, 0.1) is 17.4 Å². The van der Waals surface area contributed by atoms with Crippen molar-refractivity contribution in [2.24, 2.45) is 13.0 Å². The molecule has 0 fully saturated rings. The van der Waals surface area contributed by atoms with Crippen molar-refractivity contribution in [3.63, 3.8) is 0 Å². The maximum atomic E-state index is 12.5. The van der Waals surface area contributed by atoms with Gasteiger partial charge in [-0.25, -0.2) is 9.97 Å². The van der Waals surface area contributed by atoms with Gasteiger partial charge in [0.15, 0.2) is 5.82 Å². The van der Waals surface area contributed by atoms with Gasteiger partial charge in [-0.1, -0.05) is 35.8 Å². The lowest BCUT2D eigenvalue weighted by Gasteiger charge is -2.11. The molecule has 0 spiro atoms. The van der Waals surface area contributed by atoms with E-state index in [0.717, 1.165) is 15.7 Å². The van der Waals surface area contributed by atoms with Gasteiger partial charge in [-0.3, -0.25) is 4.79 Å². The number of imidazole rings is 1. The third-order valence-corrected chi connectivity index (χ3v) is 4.24. The van der Waals surface area contributed by atoms with Crippen LogP contribution in [0.25, 0.3) is 11.0 Å². The maximum Gasteiger partial charge on any atom is 0.255 e. The largest absolute Gasteiger partial charge is 0.352 e. The number of pyridine rings is 1. The van der Waals surface area contributed by atoms with Gasteiger partial charge in [0.25, 0.3) is 5.91 Å². The van der Waals surface area contributed by atoms with Crippen LogP contribution in [0.15, 0.2) is 41.3 Å². The lowest BCUT2D eigenvalue weighted by Crippen LogP contribution is -2.28. The number of aromatic nitrogens is 3. The summed E-state index contributed by atoms with van der Waals surface area (Å²) in [7, 11) is 1.87. The van der Waals surface area contributed by atoms with Gasteiger partial charge in [-0.05, 0) is 24.1 Å². The Labute approximate surface area is 154 Å². The minimum Gasteiger partial charge on any atom is -0.352 e. The number of carbonyl (C=O) groups excluding carboxylic acids is 1. The molecule has 0 bridgehead atoms. The molecule has 3 rings (SSSR count). The van der Waals surface area contributed by atoms with E-state index in [1.807, 2.05) is 35.9 Å². The van der Waals surface area contributed by atoms with Gasteiger partial charge in [0.1, 0.15) is 5.52 Å². The molecule has 25 heavy (non-hydrogen) atoms. The van der Waals surface area contributed by atoms with Crippen molar-refractivity contribution < 1.29 is 4.79 Å². The fourth-order valence-electron chi connectivity index (χ4n) is 2.53. The van der Waals surface area contributed by atoms with Crippen molar-refractivity contribution in [2.45, 2.75) is 13.8 Å². The zero-order valence-electron chi connectivity index (χ0n) is 14.4. The van der Waals surface area contributed by atoms with Crippen LogP contribution in [0.2, 0.25) is 0 Å². The van der Waals surface area contributed by atoms with E-state index >= 15 is 0 Å². The second-order valence-corrected chi connectivity index (χ2v) is 7.23. The molecule has 0 radical (unpaired) electrons. The Hall–Kier alpha value is -2.41. The smallest absolute Gasteiger partial charge is 0.255 e. The van der Waals surface area contributed by atoms with Gasteiger partial charge in [0, 0.05) is 29.9 Å². The molecule has 0 saturated heterocycles. The number of nitrogens with zero attached hydrogens (tertiary/aromatic N) is 3. The van der Waals surface area contributed by atoms with Crippen LogP contribution in [0.4, 0.5) is 11.5 Å². The van der Waals surface area contributed by atoms with Crippen LogP contribution in [-0.2, 0) is 7.05 Å². The molecule has 2 N–H and O–H groups in total. The molecule has 2 heterocycles. The Morgan fingerprint density at radius 1 is 1.32 bits per heavy atom. The predicted molar refractivity (Wildman–Crippen MR) is 103 cm³/mol. The van der Waals surface area contributed by atoms with Crippen molar-refractivity contribution in [1.29, 1.82) is 0 Å². The Kier molecular flexibility index (Phi) is 5.03. The first-order chi connectivity index (χ1) is 12.0. The summed E-state index contributed by atoms with van der Waals surface area (Å²) in [5, 5.41) is 6.21. The van der Waals surface area contributed by atoms with Gasteiger partial charge in [-0.2, -0.15) is 0 Å². The topological polar surface area (TPSA) is 71.8 Å². The highest BCUT2D eigenvalue weighted by Crippen LogP contribution is 2.26. The van der Waals surface area contributed by atoms with E-state index in [4.69, 9.17) is 0 Å². The number of anilines is 2. The number of fused-ring (bicyclic) bond motifs is 1. The first-order valence-corrected chi connectivity index (χ1v) is 8.86. The first-order valence-electron chi connectivity index (χ1n) is 8.06. The van der Waals surface area contributed by atoms with Crippen LogP contribution in [0.1, 0.15) is 24.2 Å². The molecule has 0 aliphatic rings. The quantitative estimate of drug-likeness (QED) is 0.680. The minimum atomic E-state index is -0.135. The molecular formula is C18H20BrN5O. The highest BCUT2D eigenvalue weighted by Gasteiger charge is 2.17. The molecule has 1 amide bonds. The molecule has 7 heteroatoms. The molecular weight excluding hydrogens is 382 g/mol. The summed E-state index contributed by atoms with van der Waals surface area (Å²) < 4.78 is 2.81. The summed E-state index contributed by atoms with van der Waals surface area (Å²) in [6, 6.07) is 7.80. The van der Waals surface area contributed by atoms with Crippen LogP contribution in [-0.4, -0.2) is 27.0 Å².